The Labute approximate surface area is 225 Å². The zero-order chi connectivity index (χ0) is 27.6. The fourth-order valence-corrected chi connectivity index (χ4v) is 4.16. The van der Waals surface area contributed by atoms with Gasteiger partial charge in [0.2, 0.25) is 11.8 Å². The summed E-state index contributed by atoms with van der Waals surface area (Å²) < 4.78 is 13.8. The number of carbonyl (C=O) groups is 2. The van der Waals surface area contributed by atoms with Gasteiger partial charge in [-0.2, -0.15) is 5.10 Å². The number of benzene rings is 2. The van der Waals surface area contributed by atoms with Crippen molar-refractivity contribution in [1.29, 1.82) is 0 Å². The van der Waals surface area contributed by atoms with Crippen LogP contribution in [-0.4, -0.2) is 43.0 Å². The summed E-state index contributed by atoms with van der Waals surface area (Å²) >= 11 is 0. The van der Waals surface area contributed by atoms with E-state index in [0.717, 1.165) is 39.1 Å². The van der Waals surface area contributed by atoms with Crippen LogP contribution in [0, 0.1) is 0 Å². The second kappa shape index (κ2) is 10.6. The molecule has 5 rings (SSSR count). The third-order valence-corrected chi connectivity index (χ3v) is 6.23. The zero-order valence-corrected chi connectivity index (χ0v) is 22.3. The van der Waals surface area contributed by atoms with Crippen molar-refractivity contribution in [1.82, 2.24) is 24.5 Å². The molecule has 200 valence electrons. The van der Waals surface area contributed by atoms with Crippen LogP contribution in [-0.2, 0) is 32.7 Å². The van der Waals surface area contributed by atoms with Gasteiger partial charge in [0.1, 0.15) is 12.9 Å². The molecule has 0 unspecified atom stereocenters. The van der Waals surface area contributed by atoms with Gasteiger partial charge in [-0.25, -0.2) is 4.98 Å². The first kappa shape index (κ1) is 25.9. The highest BCUT2D eigenvalue weighted by Crippen LogP contribution is 2.26. The normalized spacial score (nSPS) is 11.6. The van der Waals surface area contributed by atoms with Gasteiger partial charge in [0.05, 0.1) is 36.0 Å². The number of amides is 1. The van der Waals surface area contributed by atoms with Crippen molar-refractivity contribution < 1.29 is 18.8 Å². The highest BCUT2D eigenvalue weighted by atomic mass is 16.5. The minimum Gasteiger partial charge on any atom is -0.465 e. The second-order valence-corrected chi connectivity index (χ2v) is 10.3. The molecule has 5 aromatic rings. The van der Waals surface area contributed by atoms with Crippen LogP contribution in [0.15, 0.2) is 71.8 Å². The van der Waals surface area contributed by atoms with Gasteiger partial charge in [0.15, 0.2) is 0 Å². The number of rotatable bonds is 8. The molecule has 10 nitrogen and oxygen atoms in total. The Morgan fingerprint density at radius 1 is 1.05 bits per heavy atom. The van der Waals surface area contributed by atoms with Gasteiger partial charge in [0.25, 0.3) is 0 Å². The van der Waals surface area contributed by atoms with E-state index >= 15 is 0 Å². The van der Waals surface area contributed by atoms with Crippen LogP contribution < -0.4 is 5.32 Å². The SMILES string of the molecule is CCOC(=O)Cn1cc(-c2ccc3c(c2)ncn3-c2ccc(CC(=O)Nc3cc(C(C)(C)C)no3)cc2)cn1. The molecule has 0 spiro atoms. The van der Waals surface area contributed by atoms with E-state index in [1.807, 2.05) is 74.0 Å². The van der Waals surface area contributed by atoms with Gasteiger partial charge in [0, 0.05) is 28.9 Å². The topological polar surface area (TPSA) is 117 Å². The van der Waals surface area contributed by atoms with E-state index < -0.39 is 0 Å². The largest absolute Gasteiger partial charge is 0.465 e. The molecule has 3 heterocycles. The maximum absolute atomic E-state index is 12.5. The summed E-state index contributed by atoms with van der Waals surface area (Å²) in [5.41, 5.74) is 6.05. The molecular weight excluding hydrogens is 496 g/mol. The highest BCUT2D eigenvalue weighted by molar-refractivity contribution is 5.91. The van der Waals surface area contributed by atoms with Gasteiger partial charge in [-0.15, -0.1) is 0 Å². The number of nitrogens with zero attached hydrogens (tertiary/aromatic N) is 5. The van der Waals surface area contributed by atoms with E-state index in [2.05, 4.69) is 20.6 Å². The molecule has 0 bridgehead atoms. The number of hydrogen-bond donors (Lipinski definition) is 1. The maximum atomic E-state index is 12.5. The molecule has 0 aliphatic rings. The number of fused-ring (bicyclic) bond motifs is 1. The van der Waals surface area contributed by atoms with Gasteiger partial charge in [-0.3, -0.25) is 24.2 Å². The van der Waals surface area contributed by atoms with E-state index in [-0.39, 0.29) is 30.3 Å². The Morgan fingerprint density at radius 2 is 1.85 bits per heavy atom. The second-order valence-electron chi connectivity index (χ2n) is 10.3. The molecule has 3 aromatic heterocycles. The maximum Gasteiger partial charge on any atom is 0.327 e. The Bertz CT molecular complexity index is 1620. The van der Waals surface area contributed by atoms with Crippen LogP contribution in [0.5, 0.6) is 0 Å². The first-order valence-electron chi connectivity index (χ1n) is 12.7. The highest BCUT2D eigenvalue weighted by Gasteiger charge is 2.20. The van der Waals surface area contributed by atoms with E-state index in [1.54, 1.807) is 30.2 Å². The van der Waals surface area contributed by atoms with Crippen molar-refractivity contribution >= 4 is 28.8 Å². The summed E-state index contributed by atoms with van der Waals surface area (Å²) in [6.07, 6.45) is 5.52. The molecular formula is C29H30N6O4. The quantitative estimate of drug-likeness (QED) is 0.285. The van der Waals surface area contributed by atoms with Crippen molar-refractivity contribution in [3.05, 3.63) is 78.5 Å². The summed E-state index contributed by atoms with van der Waals surface area (Å²) in [5, 5.41) is 11.1. The molecule has 0 saturated heterocycles. The van der Waals surface area contributed by atoms with Crippen molar-refractivity contribution in [2.45, 2.75) is 46.1 Å². The summed E-state index contributed by atoms with van der Waals surface area (Å²) in [5.74, 6) is -0.153. The lowest BCUT2D eigenvalue weighted by atomic mass is 9.92. The summed E-state index contributed by atoms with van der Waals surface area (Å²) in [4.78, 5) is 28.8. The fourth-order valence-electron chi connectivity index (χ4n) is 4.16. The van der Waals surface area contributed by atoms with Gasteiger partial charge in [-0.1, -0.05) is 44.1 Å². The third-order valence-electron chi connectivity index (χ3n) is 6.23. The Morgan fingerprint density at radius 3 is 2.56 bits per heavy atom. The molecule has 10 heteroatoms. The van der Waals surface area contributed by atoms with Crippen molar-refractivity contribution in [3.8, 4) is 16.8 Å². The number of anilines is 1. The van der Waals surface area contributed by atoms with E-state index in [9.17, 15) is 9.59 Å². The zero-order valence-electron chi connectivity index (χ0n) is 22.3. The fraction of sp³-hybridized carbons (Fsp3) is 0.276. The lowest BCUT2D eigenvalue weighted by Gasteiger charge is -2.12. The standard InChI is InChI=1S/C29H30N6O4/c1-5-38-28(37)17-34-16-21(15-31-34)20-8-11-24-23(13-20)30-18-35(24)22-9-6-19(7-10-22)12-26(36)32-27-14-25(33-39-27)29(2,3)4/h6-11,13-16,18H,5,12,17H2,1-4H3,(H,32,36). The predicted molar refractivity (Wildman–Crippen MR) is 146 cm³/mol. The van der Waals surface area contributed by atoms with E-state index in [0.29, 0.717) is 12.5 Å². The Kier molecular flexibility index (Phi) is 7.02. The summed E-state index contributed by atoms with van der Waals surface area (Å²) in [6, 6.07) is 15.5. The molecule has 1 amide bonds. The van der Waals surface area contributed by atoms with Gasteiger partial charge in [-0.05, 0) is 42.3 Å². The lowest BCUT2D eigenvalue weighted by molar-refractivity contribution is -0.144. The van der Waals surface area contributed by atoms with Crippen molar-refractivity contribution in [3.63, 3.8) is 0 Å². The lowest BCUT2D eigenvalue weighted by Crippen LogP contribution is -2.14. The van der Waals surface area contributed by atoms with Gasteiger partial charge < -0.3 is 9.26 Å². The first-order valence-corrected chi connectivity index (χ1v) is 12.7. The predicted octanol–water partition coefficient (Wildman–Crippen LogP) is 4.92. The number of carbonyl (C=O) groups excluding carboxylic acids is 2. The first-order chi connectivity index (χ1) is 18.7. The van der Waals surface area contributed by atoms with E-state index in [1.165, 1.54) is 0 Å². The van der Waals surface area contributed by atoms with Crippen LogP contribution >= 0.6 is 0 Å². The molecule has 0 radical (unpaired) electrons. The summed E-state index contributed by atoms with van der Waals surface area (Å²) in [7, 11) is 0. The van der Waals surface area contributed by atoms with Crippen LogP contribution in [0.25, 0.3) is 27.8 Å². The Hall–Kier alpha value is -4.73. The molecule has 0 atom stereocenters. The molecule has 0 aliphatic heterocycles. The molecule has 2 aromatic carbocycles. The number of nitrogens with one attached hydrogen (secondary N) is 1. The van der Waals surface area contributed by atoms with Gasteiger partial charge >= 0.3 is 5.97 Å². The number of esters is 1. The van der Waals surface area contributed by atoms with Crippen molar-refractivity contribution in [2.24, 2.45) is 0 Å². The number of imidazole rings is 1. The number of aromatic nitrogens is 5. The van der Waals surface area contributed by atoms with Crippen LogP contribution in [0.4, 0.5) is 5.88 Å². The Balaban J connectivity index is 1.26. The van der Waals surface area contributed by atoms with E-state index in [4.69, 9.17) is 9.26 Å². The molecule has 1 N–H and O–H groups in total. The minimum absolute atomic E-state index is 0.0700. The smallest absolute Gasteiger partial charge is 0.327 e. The molecule has 0 saturated carbocycles. The number of ether oxygens (including phenoxy) is 1. The van der Waals surface area contributed by atoms with Crippen molar-refractivity contribution in [2.75, 3.05) is 11.9 Å². The average molecular weight is 527 g/mol. The monoisotopic (exact) mass is 526 g/mol. The van der Waals surface area contributed by atoms with Crippen LogP contribution in [0.1, 0.15) is 39.0 Å². The minimum atomic E-state index is -0.322. The molecule has 0 fully saturated rings. The number of hydrogen-bond acceptors (Lipinski definition) is 7. The third kappa shape index (κ3) is 5.90. The summed E-state index contributed by atoms with van der Waals surface area (Å²) in [6.45, 7) is 8.29. The van der Waals surface area contributed by atoms with Crippen LogP contribution in [0.2, 0.25) is 0 Å². The molecule has 39 heavy (non-hydrogen) atoms. The van der Waals surface area contributed by atoms with Crippen LogP contribution in [0.3, 0.4) is 0 Å². The molecule has 0 aliphatic carbocycles. The average Bonchev–Trinajstić information content (AvgIpc) is 3.64.